The van der Waals surface area contributed by atoms with Gasteiger partial charge < -0.3 is 0 Å². The standard InChI is InChI=1S/C11H21NOS/c1-9(10(2)13)12-7-4-5-11(14-3)6-8-12/h9,11H,4-8H2,1-3H3. The molecule has 82 valence electrons. The largest absolute Gasteiger partial charge is 0.298 e. The molecule has 1 saturated heterocycles. The van der Waals surface area contributed by atoms with Crippen LogP contribution in [0.4, 0.5) is 0 Å². The van der Waals surface area contributed by atoms with E-state index in [0.717, 1.165) is 18.3 Å². The lowest BCUT2D eigenvalue weighted by Gasteiger charge is -2.25. The predicted molar refractivity (Wildman–Crippen MR) is 62.9 cm³/mol. The Kier molecular flexibility index (Phi) is 4.96. The zero-order chi connectivity index (χ0) is 10.6. The highest BCUT2D eigenvalue weighted by Gasteiger charge is 2.21. The van der Waals surface area contributed by atoms with E-state index in [2.05, 4.69) is 11.2 Å². The normalized spacial score (nSPS) is 26.9. The van der Waals surface area contributed by atoms with Crippen molar-refractivity contribution in [3.63, 3.8) is 0 Å². The maximum atomic E-state index is 11.3. The molecule has 0 aromatic rings. The number of hydrogen-bond acceptors (Lipinski definition) is 3. The van der Waals surface area contributed by atoms with Gasteiger partial charge in [-0.2, -0.15) is 11.8 Å². The number of Topliss-reactive ketones (excluding diaryl/α,β-unsaturated/α-hetero) is 1. The number of likely N-dealkylation sites (tertiary alicyclic amines) is 1. The molecule has 0 aliphatic carbocycles. The van der Waals surface area contributed by atoms with Gasteiger partial charge >= 0.3 is 0 Å². The van der Waals surface area contributed by atoms with Crippen LogP contribution >= 0.6 is 11.8 Å². The van der Waals surface area contributed by atoms with Crippen LogP contribution in [0.5, 0.6) is 0 Å². The van der Waals surface area contributed by atoms with Crippen molar-refractivity contribution < 1.29 is 4.79 Å². The zero-order valence-electron chi connectivity index (χ0n) is 9.45. The van der Waals surface area contributed by atoms with E-state index in [9.17, 15) is 4.79 Å². The molecule has 1 heterocycles. The Morgan fingerprint density at radius 3 is 2.71 bits per heavy atom. The molecule has 2 atom stereocenters. The van der Waals surface area contributed by atoms with Gasteiger partial charge in [-0.05, 0) is 52.5 Å². The third kappa shape index (κ3) is 3.28. The van der Waals surface area contributed by atoms with E-state index in [1.807, 2.05) is 18.7 Å². The molecule has 0 N–H and O–H groups in total. The van der Waals surface area contributed by atoms with E-state index in [1.54, 1.807) is 6.92 Å². The Morgan fingerprint density at radius 1 is 1.43 bits per heavy atom. The molecule has 0 spiro atoms. The number of nitrogens with zero attached hydrogens (tertiary/aromatic N) is 1. The molecule has 0 amide bonds. The summed E-state index contributed by atoms with van der Waals surface area (Å²) in [5.74, 6) is 0.299. The fourth-order valence-corrected chi connectivity index (χ4v) is 2.71. The van der Waals surface area contributed by atoms with Gasteiger partial charge in [0.05, 0.1) is 6.04 Å². The van der Waals surface area contributed by atoms with Gasteiger partial charge in [-0.25, -0.2) is 0 Å². The Bertz CT molecular complexity index is 196. The number of hydrogen-bond donors (Lipinski definition) is 0. The van der Waals surface area contributed by atoms with Gasteiger partial charge in [-0.3, -0.25) is 9.69 Å². The van der Waals surface area contributed by atoms with Crippen LogP contribution in [-0.2, 0) is 4.79 Å². The summed E-state index contributed by atoms with van der Waals surface area (Å²) in [6.45, 7) is 5.91. The van der Waals surface area contributed by atoms with E-state index in [-0.39, 0.29) is 6.04 Å². The smallest absolute Gasteiger partial charge is 0.146 e. The monoisotopic (exact) mass is 215 g/mol. The highest BCUT2D eigenvalue weighted by Crippen LogP contribution is 2.22. The molecule has 0 saturated carbocycles. The SMILES string of the molecule is CSC1CCCN(C(C)C(C)=O)CC1. The van der Waals surface area contributed by atoms with Crippen LogP contribution in [0.2, 0.25) is 0 Å². The molecule has 0 bridgehead atoms. The Morgan fingerprint density at radius 2 is 2.14 bits per heavy atom. The van der Waals surface area contributed by atoms with Crippen LogP contribution in [0.15, 0.2) is 0 Å². The Hall–Kier alpha value is -0.0200. The van der Waals surface area contributed by atoms with Gasteiger partial charge in [-0.1, -0.05) is 0 Å². The molecule has 1 aliphatic heterocycles. The first kappa shape index (κ1) is 12.1. The Labute approximate surface area is 91.4 Å². The second kappa shape index (κ2) is 5.76. The highest BCUT2D eigenvalue weighted by atomic mass is 32.2. The van der Waals surface area contributed by atoms with E-state index < -0.39 is 0 Å². The van der Waals surface area contributed by atoms with E-state index in [4.69, 9.17) is 0 Å². The van der Waals surface area contributed by atoms with Gasteiger partial charge in [0.15, 0.2) is 0 Å². The van der Waals surface area contributed by atoms with Crippen molar-refractivity contribution in [1.29, 1.82) is 0 Å². The second-order valence-electron chi connectivity index (χ2n) is 4.11. The first-order valence-corrected chi connectivity index (χ1v) is 6.71. The molecule has 14 heavy (non-hydrogen) atoms. The van der Waals surface area contributed by atoms with Crippen molar-refractivity contribution in [1.82, 2.24) is 4.90 Å². The first-order chi connectivity index (χ1) is 6.65. The number of thioether (sulfide) groups is 1. The summed E-state index contributed by atoms with van der Waals surface area (Å²) in [7, 11) is 0. The van der Waals surface area contributed by atoms with E-state index in [0.29, 0.717) is 5.78 Å². The number of carbonyl (C=O) groups excluding carboxylic acids is 1. The summed E-state index contributed by atoms with van der Waals surface area (Å²) in [5, 5.41) is 0.805. The maximum absolute atomic E-state index is 11.3. The molecule has 0 aromatic carbocycles. The number of carbonyl (C=O) groups is 1. The second-order valence-corrected chi connectivity index (χ2v) is 5.25. The molecule has 2 nitrogen and oxygen atoms in total. The molecule has 2 unspecified atom stereocenters. The molecular weight excluding hydrogens is 194 g/mol. The molecule has 0 aromatic heterocycles. The van der Waals surface area contributed by atoms with Crippen LogP contribution in [0, 0.1) is 0 Å². The van der Waals surface area contributed by atoms with Crippen LogP contribution < -0.4 is 0 Å². The average molecular weight is 215 g/mol. The predicted octanol–water partition coefficient (Wildman–Crippen LogP) is 2.18. The van der Waals surface area contributed by atoms with Crippen molar-refractivity contribution >= 4 is 17.5 Å². The molecule has 3 heteroatoms. The molecule has 1 rings (SSSR count). The minimum absolute atomic E-state index is 0.121. The fraction of sp³-hybridized carbons (Fsp3) is 0.909. The van der Waals surface area contributed by atoms with Crippen molar-refractivity contribution in [3.05, 3.63) is 0 Å². The van der Waals surface area contributed by atoms with Crippen molar-refractivity contribution in [2.75, 3.05) is 19.3 Å². The van der Waals surface area contributed by atoms with Gasteiger partial charge in [-0.15, -0.1) is 0 Å². The van der Waals surface area contributed by atoms with Crippen LogP contribution in [-0.4, -0.2) is 41.3 Å². The summed E-state index contributed by atoms with van der Waals surface area (Å²) in [6.07, 6.45) is 5.97. The molecule has 1 aliphatic rings. The summed E-state index contributed by atoms with van der Waals surface area (Å²) in [5.41, 5.74) is 0. The fourth-order valence-electron chi connectivity index (χ4n) is 1.97. The van der Waals surface area contributed by atoms with Crippen LogP contribution in [0.25, 0.3) is 0 Å². The summed E-state index contributed by atoms with van der Waals surface area (Å²) in [6, 6.07) is 0.121. The molecule has 0 radical (unpaired) electrons. The lowest BCUT2D eigenvalue weighted by atomic mass is 10.2. The van der Waals surface area contributed by atoms with E-state index >= 15 is 0 Å². The van der Waals surface area contributed by atoms with Crippen LogP contribution in [0.1, 0.15) is 33.1 Å². The van der Waals surface area contributed by atoms with E-state index in [1.165, 1.54) is 19.3 Å². The topological polar surface area (TPSA) is 20.3 Å². The lowest BCUT2D eigenvalue weighted by Crippen LogP contribution is -2.38. The minimum atomic E-state index is 0.121. The zero-order valence-corrected chi connectivity index (χ0v) is 10.3. The molecule has 1 fully saturated rings. The number of rotatable bonds is 3. The summed E-state index contributed by atoms with van der Waals surface area (Å²) < 4.78 is 0. The van der Waals surface area contributed by atoms with Gasteiger partial charge in [0.1, 0.15) is 5.78 Å². The summed E-state index contributed by atoms with van der Waals surface area (Å²) in [4.78, 5) is 13.6. The highest BCUT2D eigenvalue weighted by molar-refractivity contribution is 7.99. The first-order valence-electron chi connectivity index (χ1n) is 5.42. The lowest BCUT2D eigenvalue weighted by molar-refractivity contribution is -0.121. The minimum Gasteiger partial charge on any atom is -0.298 e. The van der Waals surface area contributed by atoms with Crippen LogP contribution in [0.3, 0.4) is 0 Å². The van der Waals surface area contributed by atoms with Crippen molar-refractivity contribution in [2.45, 2.75) is 44.4 Å². The van der Waals surface area contributed by atoms with Crippen molar-refractivity contribution in [2.24, 2.45) is 0 Å². The summed E-state index contributed by atoms with van der Waals surface area (Å²) >= 11 is 1.97. The van der Waals surface area contributed by atoms with Crippen molar-refractivity contribution in [3.8, 4) is 0 Å². The average Bonchev–Trinajstić information content (AvgIpc) is 2.41. The maximum Gasteiger partial charge on any atom is 0.146 e. The van der Waals surface area contributed by atoms with Gasteiger partial charge in [0, 0.05) is 5.25 Å². The number of ketones is 1. The Balaban J connectivity index is 2.45. The molecular formula is C11H21NOS. The van der Waals surface area contributed by atoms with Gasteiger partial charge in [0.25, 0.3) is 0 Å². The quantitative estimate of drug-likeness (QED) is 0.720. The third-order valence-corrected chi connectivity index (χ3v) is 4.32. The van der Waals surface area contributed by atoms with Gasteiger partial charge in [0.2, 0.25) is 0 Å². The third-order valence-electron chi connectivity index (χ3n) is 3.18.